The number of hydrogen-bond donors (Lipinski definition) is 0. The van der Waals surface area contributed by atoms with E-state index in [0.29, 0.717) is 0 Å². The molecule has 0 unspecified atom stereocenters. The molecule has 0 bridgehead atoms. The van der Waals surface area contributed by atoms with E-state index < -0.39 is 0 Å². The Labute approximate surface area is 140 Å². The van der Waals surface area contributed by atoms with Gasteiger partial charge in [-0.25, -0.2) is 0 Å². The molecule has 5 aromatic rings. The summed E-state index contributed by atoms with van der Waals surface area (Å²) in [6.45, 7) is 0. The van der Waals surface area contributed by atoms with E-state index >= 15 is 0 Å². The number of fused-ring (bicyclic) bond motifs is 10. The third-order valence-electron chi connectivity index (χ3n) is 5.36. The molecule has 0 heterocycles. The van der Waals surface area contributed by atoms with Gasteiger partial charge in [-0.2, -0.15) is 0 Å². The van der Waals surface area contributed by atoms with Crippen LogP contribution in [0.5, 0.6) is 0 Å². The van der Waals surface area contributed by atoms with Crippen LogP contribution in [0.3, 0.4) is 0 Å². The Morgan fingerprint density at radius 2 is 0.750 bits per heavy atom. The van der Waals surface area contributed by atoms with E-state index in [9.17, 15) is 0 Å². The second kappa shape index (κ2) is 4.24. The van der Waals surface area contributed by atoms with Crippen LogP contribution >= 0.6 is 0 Å². The maximum Gasteiger partial charge on any atom is -0.00137 e. The zero-order valence-electron chi connectivity index (χ0n) is 13.1. The molecule has 1 aliphatic carbocycles. The van der Waals surface area contributed by atoms with Crippen molar-refractivity contribution in [3.05, 3.63) is 84.9 Å². The lowest BCUT2D eigenvalue weighted by molar-refractivity contribution is 1.60. The predicted molar refractivity (Wildman–Crippen MR) is 103 cm³/mol. The van der Waals surface area contributed by atoms with Crippen LogP contribution in [0.25, 0.3) is 54.6 Å². The van der Waals surface area contributed by atoms with Crippen LogP contribution in [-0.4, -0.2) is 0 Å². The minimum Gasteiger partial charge on any atom is -0.0616 e. The first kappa shape index (κ1) is 12.3. The normalized spacial score (nSPS) is 12.2. The van der Waals surface area contributed by atoms with Crippen molar-refractivity contribution in [1.82, 2.24) is 0 Å². The molecule has 0 amide bonds. The molecule has 0 aromatic heterocycles. The van der Waals surface area contributed by atoms with Crippen molar-refractivity contribution >= 4 is 32.3 Å². The second-order valence-electron chi connectivity index (χ2n) is 6.59. The van der Waals surface area contributed by atoms with Crippen molar-refractivity contribution in [2.24, 2.45) is 0 Å². The van der Waals surface area contributed by atoms with Gasteiger partial charge in [-0.15, -0.1) is 0 Å². The molecule has 0 nitrogen and oxygen atoms in total. The highest BCUT2D eigenvalue weighted by Crippen LogP contribution is 2.55. The van der Waals surface area contributed by atoms with E-state index in [1.54, 1.807) is 0 Å². The number of hydrogen-bond acceptors (Lipinski definition) is 0. The van der Waals surface area contributed by atoms with Gasteiger partial charge in [0.15, 0.2) is 0 Å². The Morgan fingerprint density at radius 1 is 0.375 bits per heavy atom. The second-order valence-corrected chi connectivity index (χ2v) is 6.59. The largest absolute Gasteiger partial charge is 0.0616 e. The van der Waals surface area contributed by atoms with Crippen molar-refractivity contribution in [3.63, 3.8) is 0 Å². The Kier molecular flexibility index (Phi) is 2.18. The Bertz CT molecular complexity index is 1190. The molecule has 5 aromatic carbocycles. The summed E-state index contributed by atoms with van der Waals surface area (Å²) in [6.07, 6.45) is 0. The van der Waals surface area contributed by atoms with Crippen LogP contribution in [-0.2, 0) is 0 Å². The first-order chi connectivity index (χ1) is 11.9. The van der Waals surface area contributed by atoms with Gasteiger partial charge in [-0.05, 0) is 66.7 Å². The molecular formula is C24H14. The Morgan fingerprint density at radius 3 is 1.21 bits per heavy atom. The fourth-order valence-electron chi connectivity index (χ4n) is 4.29. The van der Waals surface area contributed by atoms with Gasteiger partial charge in [-0.1, -0.05) is 72.8 Å². The van der Waals surface area contributed by atoms with Gasteiger partial charge in [0.25, 0.3) is 0 Å². The molecule has 24 heavy (non-hydrogen) atoms. The molecule has 110 valence electrons. The third kappa shape index (κ3) is 1.39. The minimum atomic E-state index is 1.32. The fourth-order valence-corrected chi connectivity index (χ4v) is 4.29. The van der Waals surface area contributed by atoms with Crippen LogP contribution in [0.15, 0.2) is 84.9 Å². The van der Waals surface area contributed by atoms with Crippen molar-refractivity contribution in [1.29, 1.82) is 0 Å². The Balaban J connectivity index is 1.85. The lowest BCUT2D eigenvalue weighted by atomic mass is 9.74. The molecule has 6 rings (SSSR count). The summed E-state index contributed by atoms with van der Waals surface area (Å²) >= 11 is 0. The highest BCUT2D eigenvalue weighted by Gasteiger charge is 2.27. The molecular weight excluding hydrogens is 288 g/mol. The van der Waals surface area contributed by atoms with Crippen molar-refractivity contribution in [3.8, 4) is 22.3 Å². The average molecular weight is 302 g/mol. The van der Waals surface area contributed by atoms with E-state index in [0.717, 1.165) is 0 Å². The summed E-state index contributed by atoms with van der Waals surface area (Å²) in [5.74, 6) is 0. The molecule has 0 atom stereocenters. The smallest absolute Gasteiger partial charge is 0.00137 e. The van der Waals surface area contributed by atoms with Gasteiger partial charge in [0.05, 0.1) is 0 Å². The summed E-state index contributed by atoms with van der Waals surface area (Å²) in [5.41, 5.74) is 5.63. The summed E-state index contributed by atoms with van der Waals surface area (Å²) in [6, 6.07) is 31.0. The standard InChI is InChI=1S/C24H14/c1-2-8-16-14-22-21(13-15(16)7-1)23-19-11-5-3-9-17(19)18-10-4-6-12-20(18)24(22)23/h1-14H. The summed E-state index contributed by atoms with van der Waals surface area (Å²) in [5, 5.41) is 8.08. The fraction of sp³-hybridized carbons (Fsp3) is 0. The number of rotatable bonds is 0. The maximum absolute atomic E-state index is 2.36. The highest BCUT2D eigenvalue weighted by molar-refractivity contribution is 6.28. The Hall–Kier alpha value is -3.12. The summed E-state index contributed by atoms with van der Waals surface area (Å²) < 4.78 is 0. The lowest BCUT2D eigenvalue weighted by Crippen LogP contribution is -2.01. The predicted octanol–water partition coefficient (Wildman–Crippen LogP) is 6.79. The van der Waals surface area contributed by atoms with E-state index in [-0.39, 0.29) is 0 Å². The summed E-state index contributed by atoms with van der Waals surface area (Å²) in [7, 11) is 0. The van der Waals surface area contributed by atoms with E-state index in [1.807, 2.05) is 0 Å². The van der Waals surface area contributed by atoms with Crippen LogP contribution < -0.4 is 0 Å². The van der Waals surface area contributed by atoms with Crippen LogP contribution in [0, 0.1) is 0 Å². The first-order valence-electron chi connectivity index (χ1n) is 8.39. The van der Waals surface area contributed by atoms with Crippen LogP contribution in [0.2, 0.25) is 0 Å². The molecule has 0 fully saturated rings. The SMILES string of the molecule is c1ccc2cc3c(cc2c1)-c1c-3c2ccccc2c2ccccc12. The lowest BCUT2D eigenvalue weighted by Gasteiger charge is -2.29. The van der Waals surface area contributed by atoms with Crippen LogP contribution in [0.4, 0.5) is 0 Å². The molecule has 0 saturated heterocycles. The average Bonchev–Trinajstić information content (AvgIpc) is 2.64. The van der Waals surface area contributed by atoms with Gasteiger partial charge in [-0.3, -0.25) is 0 Å². The first-order valence-corrected chi connectivity index (χ1v) is 8.39. The van der Waals surface area contributed by atoms with Gasteiger partial charge in [0, 0.05) is 0 Å². The number of benzene rings is 5. The van der Waals surface area contributed by atoms with E-state index in [4.69, 9.17) is 0 Å². The molecule has 0 heteroatoms. The van der Waals surface area contributed by atoms with E-state index in [2.05, 4.69) is 84.9 Å². The zero-order valence-corrected chi connectivity index (χ0v) is 13.1. The van der Waals surface area contributed by atoms with E-state index in [1.165, 1.54) is 54.6 Å². The van der Waals surface area contributed by atoms with Gasteiger partial charge in [0.1, 0.15) is 0 Å². The van der Waals surface area contributed by atoms with Gasteiger partial charge >= 0.3 is 0 Å². The van der Waals surface area contributed by atoms with Crippen molar-refractivity contribution in [2.45, 2.75) is 0 Å². The molecule has 0 saturated carbocycles. The highest BCUT2D eigenvalue weighted by atomic mass is 14.3. The quantitative estimate of drug-likeness (QED) is 0.271. The van der Waals surface area contributed by atoms with Crippen molar-refractivity contribution in [2.75, 3.05) is 0 Å². The monoisotopic (exact) mass is 302 g/mol. The molecule has 0 radical (unpaired) electrons. The molecule has 0 aliphatic heterocycles. The van der Waals surface area contributed by atoms with Crippen LogP contribution in [0.1, 0.15) is 0 Å². The van der Waals surface area contributed by atoms with Gasteiger partial charge in [0.2, 0.25) is 0 Å². The van der Waals surface area contributed by atoms with Gasteiger partial charge < -0.3 is 0 Å². The van der Waals surface area contributed by atoms with Crippen molar-refractivity contribution < 1.29 is 0 Å². The maximum atomic E-state index is 2.36. The molecule has 0 spiro atoms. The molecule has 1 aliphatic rings. The zero-order chi connectivity index (χ0) is 15.7. The molecule has 0 N–H and O–H groups in total. The topological polar surface area (TPSA) is 0 Å². The minimum absolute atomic E-state index is 1.32. The third-order valence-corrected chi connectivity index (χ3v) is 5.36. The summed E-state index contributed by atoms with van der Waals surface area (Å²) in [4.78, 5) is 0.